The number of ether oxygens (including phenoxy) is 2. The van der Waals surface area contributed by atoms with E-state index in [9.17, 15) is 9.59 Å². The van der Waals surface area contributed by atoms with Crippen LogP contribution in [0, 0.1) is 0 Å². The third kappa shape index (κ3) is 6.15. The SMILES string of the molecule is CNC(=S)C1(c2ccc3nccn3c2)CCCCC1OC(=O)[C@H](Cc1ccccc1)NC(=O)OC(C)(C)C. The van der Waals surface area contributed by atoms with Gasteiger partial charge in [-0.2, -0.15) is 0 Å². The number of aromatic nitrogens is 2. The van der Waals surface area contributed by atoms with Crippen LogP contribution in [0.15, 0.2) is 61.1 Å². The van der Waals surface area contributed by atoms with E-state index in [1.165, 1.54) is 0 Å². The number of likely N-dealkylation sites (N-methyl/N-ethyl adjacent to an activating group) is 1. The molecule has 3 aromatic rings. The van der Waals surface area contributed by atoms with Gasteiger partial charge in [-0.1, -0.05) is 55.0 Å². The summed E-state index contributed by atoms with van der Waals surface area (Å²) in [6, 6.07) is 12.6. The standard InChI is InChI=1S/C29H36N4O4S/c1-28(2,3)37-27(35)32-22(18-20-10-6-5-7-11-20)25(34)36-23-12-8-9-15-29(23,26(38)30-4)21-13-14-24-31-16-17-33(24)19-21/h5-7,10-11,13-14,16-17,19,22-23H,8-9,12,15,18H2,1-4H3,(H,30,38)(H,32,35)/t22-,23?,29?/m0/s1. The Morgan fingerprint density at radius 2 is 1.95 bits per heavy atom. The van der Waals surface area contributed by atoms with Gasteiger partial charge in [-0.25, -0.2) is 14.6 Å². The number of rotatable bonds is 7. The second-order valence-electron chi connectivity index (χ2n) is 10.7. The molecule has 0 saturated heterocycles. The minimum absolute atomic E-state index is 0.274. The number of amides is 1. The molecule has 202 valence electrons. The fourth-order valence-corrected chi connectivity index (χ4v) is 5.50. The van der Waals surface area contributed by atoms with Crippen molar-refractivity contribution < 1.29 is 19.1 Å². The smallest absolute Gasteiger partial charge is 0.408 e. The van der Waals surface area contributed by atoms with Gasteiger partial charge in [0.15, 0.2) is 0 Å². The average Bonchev–Trinajstić information content (AvgIpc) is 3.36. The molecule has 2 N–H and O–H groups in total. The zero-order chi connectivity index (χ0) is 27.3. The topological polar surface area (TPSA) is 94.0 Å². The zero-order valence-electron chi connectivity index (χ0n) is 22.4. The highest BCUT2D eigenvalue weighted by Gasteiger charge is 2.49. The van der Waals surface area contributed by atoms with Crippen LogP contribution in [0.1, 0.15) is 57.6 Å². The van der Waals surface area contributed by atoms with E-state index in [4.69, 9.17) is 21.7 Å². The number of fused-ring (bicyclic) bond motifs is 1. The van der Waals surface area contributed by atoms with Crippen molar-refractivity contribution in [2.45, 2.75) is 76.0 Å². The molecule has 1 amide bonds. The van der Waals surface area contributed by atoms with Crippen LogP contribution in [-0.4, -0.2) is 51.2 Å². The lowest BCUT2D eigenvalue weighted by molar-refractivity contribution is -0.155. The van der Waals surface area contributed by atoms with E-state index in [0.29, 0.717) is 11.4 Å². The number of alkyl carbamates (subject to hydrolysis) is 1. The van der Waals surface area contributed by atoms with Crippen LogP contribution in [0.4, 0.5) is 4.79 Å². The summed E-state index contributed by atoms with van der Waals surface area (Å²) in [4.78, 5) is 31.4. The van der Waals surface area contributed by atoms with Crippen molar-refractivity contribution in [1.82, 2.24) is 20.0 Å². The van der Waals surface area contributed by atoms with Crippen LogP contribution in [0.3, 0.4) is 0 Å². The lowest BCUT2D eigenvalue weighted by Crippen LogP contribution is -2.55. The van der Waals surface area contributed by atoms with E-state index >= 15 is 0 Å². The van der Waals surface area contributed by atoms with Gasteiger partial charge in [0.2, 0.25) is 0 Å². The maximum atomic E-state index is 13.7. The Morgan fingerprint density at radius 3 is 2.66 bits per heavy atom. The maximum Gasteiger partial charge on any atom is 0.408 e. The predicted molar refractivity (Wildman–Crippen MR) is 150 cm³/mol. The number of carbonyl (C=O) groups excluding carboxylic acids is 2. The number of hydrogen-bond donors (Lipinski definition) is 2. The molecule has 9 heteroatoms. The molecule has 0 bridgehead atoms. The Bertz CT molecular complexity index is 1290. The fraction of sp³-hybridized carbons (Fsp3) is 0.448. The van der Waals surface area contributed by atoms with Crippen molar-refractivity contribution in [3.05, 3.63) is 72.2 Å². The first-order valence-corrected chi connectivity index (χ1v) is 13.4. The van der Waals surface area contributed by atoms with Gasteiger partial charge >= 0.3 is 12.1 Å². The number of esters is 1. The molecule has 2 unspecified atom stereocenters. The Morgan fingerprint density at radius 1 is 1.18 bits per heavy atom. The molecule has 38 heavy (non-hydrogen) atoms. The van der Waals surface area contributed by atoms with Gasteiger partial charge in [-0.15, -0.1) is 0 Å². The van der Waals surface area contributed by atoms with E-state index < -0.39 is 35.2 Å². The number of benzene rings is 1. The Balaban J connectivity index is 1.65. The Kier molecular flexibility index (Phi) is 8.35. The van der Waals surface area contributed by atoms with Crippen molar-refractivity contribution in [1.29, 1.82) is 0 Å². The van der Waals surface area contributed by atoms with E-state index in [-0.39, 0.29) is 6.42 Å². The summed E-state index contributed by atoms with van der Waals surface area (Å²) >= 11 is 5.88. The highest BCUT2D eigenvalue weighted by molar-refractivity contribution is 7.80. The van der Waals surface area contributed by atoms with Crippen LogP contribution >= 0.6 is 12.2 Å². The summed E-state index contributed by atoms with van der Waals surface area (Å²) in [5, 5.41) is 5.92. The largest absolute Gasteiger partial charge is 0.459 e. The Hall–Kier alpha value is -3.46. The summed E-state index contributed by atoms with van der Waals surface area (Å²) in [6.07, 6.45) is 7.98. The van der Waals surface area contributed by atoms with Crippen molar-refractivity contribution >= 4 is 34.9 Å². The highest BCUT2D eigenvalue weighted by atomic mass is 32.1. The van der Waals surface area contributed by atoms with Gasteiger partial charge in [0.05, 0.1) is 10.4 Å². The minimum atomic E-state index is -0.925. The van der Waals surface area contributed by atoms with Gasteiger partial charge in [0.1, 0.15) is 23.4 Å². The number of imidazole rings is 1. The van der Waals surface area contributed by atoms with Crippen molar-refractivity contribution in [2.75, 3.05) is 7.05 Å². The third-order valence-electron chi connectivity index (χ3n) is 6.89. The molecular formula is C29H36N4O4S. The van der Waals surface area contributed by atoms with E-state index in [1.54, 1.807) is 34.0 Å². The van der Waals surface area contributed by atoms with Crippen molar-refractivity contribution in [3.8, 4) is 0 Å². The van der Waals surface area contributed by atoms with E-state index in [1.807, 2.05) is 59.3 Å². The molecule has 2 aromatic heterocycles. The number of carbonyl (C=O) groups is 2. The van der Waals surface area contributed by atoms with Crippen LogP contribution in [0.2, 0.25) is 0 Å². The maximum absolute atomic E-state index is 13.7. The quantitative estimate of drug-likeness (QED) is 0.333. The molecule has 1 saturated carbocycles. The molecule has 1 aromatic carbocycles. The Labute approximate surface area is 229 Å². The summed E-state index contributed by atoms with van der Waals surface area (Å²) in [6.45, 7) is 5.34. The fourth-order valence-electron chi connectivity index (χ4n) is 5.14. The average molecular weight is 537 g/mol. The minimum Gasteiger partial charge on any atom is -0.459 e. The summed E-state index contributed by atoms with van der Waals surface area (Å²) < 4.78 is 13.7. The molecule has 0 spiro atoms. The molecule has 0 radical (unpaired) electrons. The van der Waals surface area contributed by atoms with Gasteiger partial charge in [-0.3, -0.25) is 0 Å². The molecule has 1 fully saturated rings. The third-order valence-corrected chi connectivity index (χ3v) is 7.46. The molecule has 1 aliphatic carbocycles. The number of pyridine rings is 1. The van der Waals surface area contributed by atoms with Crippen LogP contribution in [-0.2, 0) is 26.1 Å². The summed E-state index contributed by atoms with van der Waals surface area (Å²) in [7, 11) is 1.80. The first kappa shape index (κ1) is 27.6. The molecule has 2 heterocycles. The molecule has 0 aliphatic heterocycles. The van der Waals surface area contributed by atoms with Crippen molar-refractivity contribution in [3.63, 3.8) is 0 Å². The predicted octanol–water partition coefficient (Wildman–Crippen LogP) is 4.74. The van der Waals surface area contributed by atoms with Gasteiger partial charge in [0.25, 0.3) is 0 Å². The molecule has 4 rings (SSSR count). The molecular weight excluding hydrogens is 500 g/mol. The lowest BCUT2D eigenvalue weighted by Gasteiger charge is -2.44. The monoisotopic (exact) mass is 536 g/mol. The van der Waals surface area contributed by atoms with Crippen LogP contribution in [0.25, 0.3) is 5.65 Å². The highest BCUT2D eigenvalue weighted by Crippen LogP contribution is 2.42. The van der Waals surface area contributed by atoms with Gasteiger partial charge < -0.3 is 24.5 Å². The van der Waals surface area contributed by atoms with Crippen molar-refractivity contribution in [2.24, 2.45) is 0 Å². The summed E-state index contributed by atoms with van der Waals surface area (Å²) in [5.41, 5.74) is 1.28. The second kappa shape index (κ2) is 11.5. The molecule has 3 atom stereocenters. The first-order valence-electron chi connectivity index (χ1n) is 13.0. The summed E-state index contributed by atoms with van der Waals surface area (Å²) in [5.74, 6) is -0.515. The first-order chi connectivity index (χ1) is 18.1. The van der Waals surface area contributed by atoms with E-state index in [2.05, 4.69) is 15.6 Å². The van der Waals surface area contributed by atoms with Crippen LogP contribution in [0.5, 0.6) is 0 Å². The number of nitrogens with one attached hydrogen (secondary N) is 2. The number of thiocarbonyl (C=S) groups is 1. The lowest BCUT2D eigenvalue weighted by atomic mass is 9.67. The zero-order valence-corrected chi connectivity index (χ0v) is 23.2. The second-order valence-corrected chi connectivity index (χ2v) is 11.1. The van der Waals surface area contributed by atoms with E-state index in [0.717, 1.165) is 36.0 Å². The van der Waals surface area contributed by atoms with Gasteiger partial charge in [-0.05, 0) is 57.2 Å². The number of hydrogen-bond acceptors (Lipinski definition) is 6. The molecule has 1 aliphatic rings. The van der Waals surface area contributed by atoms with Crippen LogP contribution < -0.4 is 10.6 Å². The van der Waals surface area contributed by atoms with Gasteiger partial charge in [0, 0.05) is 32.1 Å². The normalized spacial score (nSPS) is 20.4. The number of nitrogens with zero attached hydrogens (tertiary/aromatic N) is 2. The molecule has 8 nitrogen and oxygen atoms in total.